The standard InChI is InChI=1S/C33H38O6/c1-32(2)14-6-11-29(32)28-17-22(21-37-26-10-5-8-24(19-26)30(34)20-31(35)36)12-13-27(28)23-7-4-9-25(18-23)33(3)38-15-16-39-33/h4-5,7-10,12-13,17-19,29-30,34H,6,11,14-16,20-21H2,1-3H3,(H,35,36)/t29-,30-/m1/s1. The molecular formula is C33H38O6. The smallest absolute Gasteiger partial charge is 0.306 e. The fraction of sp³-hybridized carbons (Fsp3) is 0.424. The highest BCUT2D eigenvalue weighted by molar-refractivity contribution is 5.70. The Balaban J connectivity index is 1.44. The second-order valence-electron chi connectivity index (χ2n) is 11.6. The number of ether oxygens (including phenoxy) is 3. The van der Waals surface area contributed by atoms with Gasteiger partial charge in [0.05, 0.1) is 25.7 Å². The molecule has 0 radical (unpaired) electrons. The molecule has 0 bridgehead atoms. The Morgan fingerprint density at radius 2 is 1.79 bits per heavy atom. The molecular weight excluding hydrogens is 492 g/mol. The maximum Gasteiger partial charge on any atom is 0.306 e. The zero-order chi connectivity index (χ0) is 27.6. The monoisotopic (exact) mass is 530 g/mol. The van der Waals surface area contributed by atoms with Crippen LogP contribution in [0.2, 0.25) is 0 Å². The fourth-order valence-electron chi connectivity index (χ4n) is 6.07. The third-order valence-corrected chi connectivity index (χ3v) is 8.30. The second-order valence-corrected chi connectivity index (χ2v) is 11.6. The highest BCUT2D eigenvalue weighted by Gasteiger charge is 2.37. The largest absolute Gasteiger partial charge is 0.489 e. The number of benzene rings is 3. The van der Waals surface area contributed by atoms with Crippen molar-refractivity contribution in [3.8, 4) is 16.9 Å². The normalized spacial score (nSPS) is 20.6. The Morgan fingerprint density at radius 3 is 2.51 bits per heavy atom. The molecule has 6 nitrogen and oxygen atoms in total. The average Bonchev–Trinajstić information content (AvgIpc) is 3.52. The number of hydrogen-bond acceptors (Lipinski definition) is 5. The van der Waals surface area contributed by atoms with Gasteiger partial charge in [-0.05, 0) is 77.1 Å². The summed E-state index contributed by atoms with van der Waals surface area (Å²) in [6.07, 6.45) is 2.15. The van der Waals surface area contributed by atoms with Gasteiger partial charge >= 0.3 is 5.97 Å². The number of carboxylic acid groups (broad SMARTS) is 1. The van der Waals surface area contributed by atoms with Crippen LogP contribution < -0.4 is 4.74 Å². The molecule has 2 fully saturated rings. The lowest BCUT2D eigenvalue weighted by atomic mass is 9.75. The lowest BCUT2D eigenvalue weighted by Gasteiger charge is -2.30. The van der Waals surface area contributed by atoms with Crippen LogP contribution in [0.1, 0.15) is 80.7 Å². The first-order valence-electron chi connectivity index (χ1n) is 13.8. The van der Waals surface area contributed by atoms with Crippen molar-refractivity contribution in [1.82, 2.24) is 0 Å². The van der Waals surface area contributed by atoms with Gasteiger partial charge in [-0.25, -0.2) is 0 Å². The van der Waals surface area contributed by atoms with Crippen LogP contribution in [0.15, 0.2) is 66.7 Å². The van der Waals surface area contributed by atoms with Gasteiger partial charge in [-0.3, -0.25) is 4.79 Å². The van der Waals surface area contributed by atoms with Crippen molar-refractivity contribution in [2.24, 2.45) is 5.41 Å². The molecule has 1 saturated heterocycles. The molecule has 5 rings (SSSR count). The molecule has 0 unspecified atom stereocenters. The Morgan fingerprint density at radius 1 is 1.03 bits per heavy atom. The molecule has 3 aromatic rings. The van der Waals surface area contributed by atoms with Crippen molar-refractivity contribution >= 4 is 5.97 Å². The summed E-state index contributed by atoms with van der Waals surface area (Å²) < 4.78 is 18.0. The molecule has 2 N–H and O–H groups in total. The molecule has 206 valence electrons. The third kappa shape index (κ3) is 6.03. The summed E-state index contributed by atoms with van der Waals surface area (Å²) in [6, 6.07) is 22.1. The van der Waals surface area contributed by atoms with Gasteiger partial charge in [-0.1, -0.05) is 68.8 Å². The van der Waals surface area contributed by atoms with Crippen molar-refractivity contribution in [1.29, 1.82) is 0 Å². The molecule has 0 aromatic heterocycles. The summed E-state index contributed by atoms with van der Waals surface area (Å²) in [4.78, 5) is 11.0. The third-order valence-electron chi connectivity index (χ3n) is 8.30. The topological polar surface area (TPSA) is 85.2 Å². The number of aliphatic carboxylic acids is 1. The van der Waals surface area contributed by atoms with Crippen molar-refractivity contribution in [2.75, 3.05) is 13.2 Å². The number of hydrogen-bond donors (Lipinski definition) is 2. The molecule has 1 heterocycles. The number of aliphatic hydroxyl groups excluding tert-OH is 1. The summed E-state index contributed by atoms with van der Waals surface area (Å²) in [5.41, 5.74) is 6.52. The minimum absolute atomic E-state index is 0.199. The molecule has 39 heavy (non-hydrogen) atoms. The number of rotatable bonds is 9. The predicted octanol–water partition coefficient (Wildman–Crippen LogP) is 6.95. The highest BCUT2D eigenvalue weighted by atomic mass is 16.7. The van der Waals surface area contributed by atoms with Gasteiger partial charge in [-0.2, -0.15) is 0 Å². The quantitative estimate of drug-likeness (QED) is 0.311. The SMILES string of the molecule is CC1(c2cccc(-c3ccc(COc4cccc([C@H](O)CC(=O)O)c4)cc3[C@H]3CCCC3(C)C)c2)OCCO1. The first-order valence-corrected chi connectivity index (χ1v) is 13.8. The van der Waals surface area contributed by atoms with Gasteiger partial charge in [0.25, 0.3) is 0 Å². The summed E-state index contributed by atoms with van der Waals surface area (Å²) in [5.74, 6) is -0.732. The number of aliphatic hydroxyl groups is 1. The number of carboxylic acids is 1. The van der Waals surface area contributed by atoms with Crippen LogP contribution in [0.4, 0.5) is 0 Å². The highest BCUT2D eigenvalue weighted by Crippen LogP contribution is 2.51. The van der Waals surface area contributed by atoms with E-state index >= 15 is 0 Å². The Bertz CT molecular complexity index is 1320. The second kappa shape index (κ2) is 11.1. The van der Waals surface area contributed by atoms with Gasteiger partial charge in [0.15, 0.2) is 5.79 Å². The van der Waals surface area contributed by atoms with E-state index in [-0.39, 0.29) is 11.8 Å². The van der Waals surface area contributed by atoms with Crippen LogP contribution in [-0.2, 0) is 26.7 Å². The van der Waals surface area contributed by atoms with Gasteiger partial charge in [0.2, 0.25) is 0 Å². The van der Waals surface area contributed by atoms with E-state index in [0.29, 0.717) is 37.1 Å². The lowest BCUT2D eigenvalue weighted by molar-refractivity contribution is -0.149. The van der Waals surface area contributed by atoms with Crippen molar-refractivity contribution in [3.63, 3.8) is 0 Å². The first-order chi connectivity index (χ1) is 18.6. The van der Waals surface area contributed by atoms with Crippen LogP contribution in [-0.4, -0.2) is 29.4 Å². The molecule has 6 heteroatoms. The summed E-state index contributed by atoms with van der Waals surface area (Å²) in [7, 11) is 0. The van der Waals surface area contributed by atoms with Gasteiger partial charge in [0, 0.05) is 5.56 Å². The van der Waals surface area contributed by atoms with E-state index in [1.165, 1.54) is 24.0 Å². The Kier molecular flexibility index (Phi) is 7.81. The average molecular weight is 531 g/mol. The summed E-state index contributed by atoms with van der Waals surface area (Å²) >= 11 is 0. The summed E-state index contributed by atoms with van der Waals surface area (Å²) in [5, 5.41) is 19.2. The van der Waals surface area contributed by atoms with Gasteiger partial charge < -0.3 is 24.4 Å². The minimum atomic E-state index is -1.07. The Hall–Kier alpha value is -3.19. The molecule has 3 aromatic carbocycles. The Labute approximate surface area is 230 Å². The van der Waals surface area contributed by atoms with Crippen LogP contribution in [0.25, 0.3) is 11.1 Å². The summed E-state index contributed by atoms with van der Waals surface area (Å²) in [6.45, 7) is 8.28. The van der Waals surface area contributed by atoms with E-state index in [4.69, 9.17) is 19.3 Å². The van der Waals surface area contributed by atoms with E-state index < -0.39 is 17.9 Å². The van der Waals surface area contributed by atoms with Crippen molar-refractivity contribution in [2.45, 2.75) is 70.9 Å². The zero-order valence-corrected chi connectivity index (χ0v) is 23.0. The molecule has 1 saturated carbocycles. The minimum Gasteiger partial charge on any atom is -0.489 e. The maximum atomic E-state index is 11.0. The van der Waals surface area contributed by atoms with E-state index in [1.54, 1.807) is 18.2 Å². The molecule has 1 aliphatic heterocycles. The van der Waals surface area contributed by atoms with Crippen LogP contribution >= 0.6 is 0 Å². The van der Waals surface area contributed by atoms with Crippen molar-refractivity contribution in [3.05, 3.63) is 89.0 Å². The number of carbonyl (C=O) groups is 1. The first kappa shape index (κ1) is 27.4. The predicted molar refractivity (Wildman–Crippen MR) is 149 cm³/mol. The maximum absolute atomic E-state index is 11.0. The molecule has 1 aliphatic carbocycles. The van der Waals surface area contributed by atoms with Crippen LogP contribution in [0.3, 0.4) is 0 Å². The van der Waals surface area contributed by atoms with E-state index in [0.717, 1.165) is 23.1 Å². The van der Waals surface area contributed by atoms with Gasteiger partial charge in [0.1, 0.15) is 12.4 Å². The molecule has 2 atom stereocenters. The van der Waals surface area contributed by atoms with Gasteiger partial charge in [-0.15, -0.1) is 0 Å². The molecule has 0 spiro atoms. The molecule has 2 aliphatic rings. The van der Waals surface area contributed by atoms with E-state index in [1.807, 2.05) is 13.0 Å². The zero-order valence-electron chi connectivity index (χ0n) is 23.0. The van der Waals surface area contributed by atoms with Crippen molar-refractivity contribution < 1.29 is 29.2 Å². The van der Waals surface area contributed by atoms with Crippen LogP contribution in [0.5, 0.6) is 5.75 Å². The fourth-order valence-corrected chi connectivity index (χ4v) is 6.07. The lowest BCUT2D eigenvalue weighted by Crippen LogP contribution is -2.22. The van der Waals surface area contributed by atoms with E-state index in [2.05, 4.69) is 56.3 Å². The molecule has 0 amide bonds. The van der Waals surface area contributed by atoms with Crippen LogP contribution in [0, 0.1) is 5.41 Å². The van der Waals surface area contributed by atoms with E-state index in [9.17, 15) is 9.90 Å².